The van der Waals surface area contributed by atoms with Gasteiger partial charge in [-0.15, -0.1) is 0 Å². The van der Waals surface area contributed by atoms with E-state index in [1.165, 1.54) is 29.2 Å². The summed E-state index contributed by atoms with van der Waals surface area (Å²) in [5.41, 5.74) is 2.42. The van der Waals surface area contributed by atoms with Gasteiger partial charge in [0.15, 0.2) is 0 Å². The first-order valence-electron chi connectivity index (χ1n) is 9.33. The Morgan fingerprint density at radius 1 is 0.933 bits per heavy atom. The Kier molecular flexibility index (Phi) is 4.38. The number of nitrogens with zero attached hydrogens (tertiary/aromatic N) is 3. The Labute approximate surface area is 178 Å². The number of carbonyl (C=O) groups is 1. The lowest BCUT2D eigenvalue weighted by molar-refractivity contribution is -0.118. The van der Waals surface area contributed by atoms with Gasteiger partial charge < -0.3 is 4.57 Å². The number of benzene rings is 3. The van der Waals surface area contributed by atoms with Crippen molar-refractivity contribution < 1.29 is 13.2 Å². The number of carbonyl (C=O) groups excluding carboxylic acids is 1. The molecule has 1 amide bonds. The Morgan fingerprint density at radius 2 is 1.67 bits per heavy atom. The van der Waals surface area contributed by atoms with Crippen LogP contribution in [0.1, 0.15) is 6.42 Å². The van der Waals surface area contributed by atoms with Crippen LogP contribution in [0.2, 0.25) is 5.02 Å². The van der Waals surface area contributed by atoms with Crippen LogP contribution in [0.4, 0.5) is 11.4 Å². The van der Waals surface area contributed by atoms with E-state index in [1.807, 2.05) is 28.8 Å². The Balaban J connectivity index is 1.55. The van der Waals surface area contributed by atoms with E-state index in [0.717, 1.165) is 11.0 Å². The summed E-state index contributed by atoms with van der Waals surface area (Å²) in [6, 6.07) is 18.7. The number of imidazole rings is 1. The van der Waals surface area contributed by atoms with Gasteiger partial charge in [-0.25, -0.2) is 13.4 Å². The fourth-order valence-corrected chi connectivity index (χ4v) is 5.56. The molecule has 0 bridgehead atoms. The molecule has 2 heterocycles. The molecule has 0 saturated heterocycles. The van der Waals surface area contributed by atoms with Gasteiger partial charge in [-0.05, 0) is 42.5 Å². The molecule has 0 spiro atoms. The van der Waals surface area contributed by atoms with E-state index < -0.39 is 9.84 Å². The molecule has 0 unspecified atom stereocenters. The summed E-state index contributed by atoms with van der Waals surface area (Å²) < 4.78 is 28.1. The number of para-hydroxylation sites is 3. The van der Waals surface area contributed by atoms with E-state index >= 15 is 0 Å². The normalized spacial score (nSPS) is 14.4. The number of anilines is 2. The molecule has 1 aliphatic rings. The van der Waals surface area contributed by atoms with E-state index in [-0.39, 0.29) is 27.8 Å². The Morgan fingerprint density at radius 3 is 2.53 bits per heavy atom. The van der Waals surface area contributed by atoms with Crippen molar-refractivity contribution in [2.75, 3.05) is 4.90 Å². The summed E-state index contributed by atoms with van der Waals surface area (Å²) in [4.78, 5) is 19.3. The number of halogens is 1. The molecule has 0 fully saturated rings. The van der Waals surface area contributed by atoms with Gasteiger partial charge in [0, 0.05) is 18.0 Å². The third kappa shape index (κ3) is 2.89. The molecule has 150 valence electrons. The van der Waals surface area contributed by atoms with Crippen LogP contribution in [-0.4, -0.2) is 23.9 Å². The highest BCUT2D eigenvalue weighted by Crippen LogP contribution is 2.45. The van der Waals surface area contributed by atoms with E-state index in [2.05, 4.69) is 4.98 Å². The first-order valence-corrected chi connectivity index (χ1v) is 11.2. The van der Waals surface area contributed by atoms with E-state index in [1.54, 1.807) is 24.5 Å². The zero-order valence-corrected chi connectivity index (χ0v) is 17.3. The van der Waals surface area contributed by atoms with Gasteiger partial charge in [-0.2, -0.15) is 0 Å². The van der Waals surface area contributed by atoms with Crippen molar-refractivity contribution in [3.05, 3.63) is 78.1 Å². The van der Waals surface area contributed by atoms with Crippen molar-refractivity contribution in [3.8, 4) is 0 Å². The summed E-state index contributed by atoms with van der Waals surface area (Å²) >= 11 is 6.15. The quantitative estimate of drug-likeness (QED) is 0.470. The summed E-state index contributed by atoms with van der Waals surface area (Å²) in [5.74, 6) is -0.223. The van der Waals surface area contributed by atoms with Crippen LogP contribution in [0.15, 0.2) is 82.8 Å². The Bertz CT molecular complexity index is 1410. The number of aryl methyl sites for hydroxylation is 1. The van der Waals surface area contributed by atoms with Crippen molar-refractivity contribution in [2.45, 2.75) is 22.8 Å². The average molecular weight is 438 g/mol. The second-order valence-corrected chi connectivity index (χ2v) is 9.31. The molecule has 5 rings (SSSR count). The second kappa shape index (κ2) is 6.97. The van der Waals surface area contributed by atoms with Crippen LogP contribution in [0.25, 0.3) is 11.0 Å². The zero-order valence-electron chi connectivity index (χ0n) is 15.7. The lowest BCUT2D eigenvalue weighted by Crippen LogP contribution is -2.32. The number of rotatable bonds is 3. The van der Waals surface area contributed by atoms with Crippen molar-refractivity contribution in [3.63, 3.8) is 0 Å². The highest BCUT2D eigenvalue weighted by molar-refractivity contribution is 7.92. The molecule has 0 radical (unpaired) electrons. The highest BCUT2D eigenvalue weighted by Gasteiger charge is 2.36. The van der Waals surface area contributed by atoms with E-state index in [9.17, 15) is 13.2 Å². The fourth-order valence-electron chi connectivity index (χ4n) is 3.79. The molecule has 8 heteroatoms. The molecule has 30 heavy (non-hydrogen) atoms. The number of aromatic nitrogens is 2. The largest absolute Gasteiger partial charge is 0.330 e. The van der Waals surface area contributed by atoms with Crippen molar-refractivity contribution in [1.82, 2.24) is 9.55 Å². The van der Waals surface area contributed by atoms with Crippen molar-refractivity contribution >= 4 is 49.8 Å². The van der Waals surface area contributed by atoms with Gasteiger partial charge in [-0.1, -0.05) is 35.9 Å². The third-order valence-corrected chi connectivity index (χ3v) is 7.27. The summed E-state index contributed by atoms with van der Waals surface area (Å²) in [6.07, 6.45) is 1.87. The van der Waals surface area contributed by atoms with Gasteiger partial charge >= 0.3 is 0 Å². The molecule has 1 aromatic heterocycles. The molecule has 0 N–H and O–H groups in total. The molecule has 6 nitrogen and oxygen atoms in total. The molecule has 1 aliphatic heterocycles. The van der Waals surface area contributed by atoms with Crippen LogP contribution >= 0.6 is 11.6 Å². The summed E-state index contributed by atoms with van der Waals surface area (Å²) in [5, 5.41) is 0.363. The van der Waals surface area contributed by atoms with Gasteiger partial charge in [-0.3, -0.25) is 9.69 Å². The number of hydrogen-bond acceptors (Lipinski definition) is 4. The van der Waals surface area contributed by atoms with E-state index in [0.29, 0.717) is 17.3 Å². The minimum atomic E-state index is -3.74. The lowest BCUT2D eigenvalue weighted by atomic mass is 10.2. The molecule has 3 aromatic carbocycles. The van der Waals surface area contributed by atoms with Gasteiger partial charge in [0.05, 0.1) is 38.5 Å². The average Bonchev–Trinajstić information content (AvgIpc) is 3.15. The second-order valence-electron chi connectivity index (χ2n) is 6.99. The molecule has 0 saturated carbocycles. The predicted octanol–water partition coefficient (Wildman–Crippen LogP) is 4.59. The van der Waals surface area contributed by atoms with Crippen LogP contribution < -0.4 is 4.90 Å². The molecular weight excluding hydrogens is 422 g/mol. The summed E-state index contributed by atoms with van der Waals surface area (Å²) in [7, 11) is -3.74. The number of hydrogen-bond donors (Lipinski definition) is 0. The molecule has 0 aliphatic carbocycles. The van der Waals surface area contributed by atoms with Crippen molar-refractivity contribution in [1.29, 1.82) is 0 Å². The lowest BCUT2D eigenvalue weighted by Gasteiger charge is -2.31. The standard InChI is InChI=1S/C22H16ClN3O3S/c23-15-9-10-21-19(13-15)26(18-7-3-4-8-20(18)30(21,28)29)22(27)11-12-25-14-24-16-5-1-2-6-17(16)25/h1-10,13-14H,11-12H2. The highest BCUT2D eigenvalue weighted by atomic mass is 35.5. The minimum absolute atomic E-state index is 0.0760. The number of sulfone groups is 1. The Hall–Kier alpha value is -3.16. The van der Waals surface area contributed by atoms with Crippen molar-refractivity contribution in [2.24, 2.45) is 0 Å². The predicted molar refractivity (Wildman–Crippen MR) is 115 cm³/mol. The maximum atomic E-state index is 13.3. The molecular formula is C22H16ClN3O3S. The smallest absolute Gasteiger partial charge is 0.233 e. The maximum absolute atomic E-state index is 13.3. The van der Waals surface area contributed by atoms with Crippen LogP contribution in [-0.2, 0) is 21.2 Å². The molecule has 4 aromatic rings. The van der Waals surface area contributed by atoms with E-state index in [4.69, 9.17) is 11.6 Å². The maximum Gasteiger partial charge on any atom is 0.233 e. The van der Waals surface area contributed by atoms with Gasteiger partial charge in [0.2, 0.25) is 15.7 Å². The zero-order chi connectivity index (χ0) is 20.9. The van der Waals surface area contributed by atoms with Gasteiger partial charge in [0.25, 0.3) is 0 Å². The fraction of sp³-hybridized carbons (Fsp3) is 0.0909. The third-order valence-electron chi connectivity index (χ3n) is 5.19. The van der Waals surface area contributed by atoms with Crippen LogP contribution in [0, 0.1) is 0 Å². The summed E-state index contributed by atoms with van der Waals surface area (Å²) in [6.45, 7) is 0.417. The monoisotopic (exact) mass is 437 g/mol. The minimum Gasteiger partial charge on any atom is -0.330 e. The molecule has 0 atom stereocenters. The SMILES string of the molecule is O=C(CCn1cnc2ccccc21)N1c2ccccc2S(=O)(=O)c2ccc(Cl)cc21. The first kappa shape index (κ1) is 18.8. The van der Waals surface area contributed by atoms with Gasteiger partial charge in [0.1, 0.15) is 0 Å². The number of amides is 1. The first-order chi connectivity index (χ1) is 14.5. The number of fused-ring (bicyclic) bond motifs is 3. The van der Waals surface area contributed by atoms with Crippen LogP contribution in [0.5, 0.6) is 0 Å². The topological polar surface area (TPSA) is 72.3 Å². The van der Waals surface area contributed by atoms with Crippen LogP contribution in [0.3, 0.4) is 0 Å².